The Labute approximate surface area is 139 Å². The number of benzene rings is 1. The van der Waals surface area contributed by atoms with Gasteiger partial charge in [-0.15, -0.1) is 0 Å². The molecule has 2 rings (SSSR count). The molecule has 7 heteroatoms. The predicted molar refractivity (Wildman–Crippen MR) is 88.7 cm³/mol. The Bertz CT molecular complexity index is 713. The average Bonchev–Trinajstić information content (AvgIpc) is 2.87. The Hall–Kier alpha value is -2.57. The van der Waals surface area contributed by atoms with Gasteiger partial charge < -0.3 is 9.47 Å². The number of methoxy groups -OCH3 is 2. The summed E-state index contributed by atoms with van der Waals surface area (Å²) in [6.45, 7) is 0.886. The number of ether oxygens (including phenoxy) is 2. The van der Waals surface area contributed by atoms with Gasteiger partial charge >= 0.3 is 17.6 Å². The van der Waals surface area contributed by atoms with E-state index in [2.05, 4.69) is 9.47 Å². The van der Waals surface area contributed by atoms with Crippen molar-refractivity contribution in [3.63, 3.8) is 0 Å². The van der Waals surface area contributed by atoms with Crippen LogP contribution in [0, 0.1) is 0 Å². The van der Waals surface area contributed by atoms with Gasteiger partial charge in [-0.3, -0.25) is 18.7 Å². The molecule has 0 aliphatic carbocycles. The SMILES string of the molecule is COC(=O)CCCn1c(=O)n(CCCC(=O)OC)c2ccccc21. The third-order valence-corrected chi connectivity index (χ3v) is 3.91. The van der Waals surface area contributed by atoms with Crippen LogP contribution in [-0.4, -0.2) is 35.3 Å². The maximum atomic E-state index is 12.7. The smallest absolute Gasteiger partial charge is 0.329 e. The summed E-state index contributed by atoms with van der Waals surface area (Å²) in [5.74, 6) is -0.574. The molecule has 0 bridgehead atoms. The van der Waals surface area contributed by atoms with Gasteiger partial charge in [0.1, 0.15) is 0 Å². The fraction of sp³-hybridized carbons (Fsp3) is 0.471. The van der Waals surface area contributed by atoms with Crippen molar-refractivity contribution in [1.82, 2.24) is 9.13 Å². The number of carbonyl (C=O) groups is 2. The highest BCUT2D eigenvalue weighted by Crippen LogP contribution is 2.14. The van der Waals surface area contributed by atoms with Crippen LogP contribution in [0.4, 0.5) is 0 Å². The third-order valence-electron chi connectivity index (χ3n) is 3.91. The van der Waals surface area contributed by atoms with Crippen molar-refractivity contribution in [2.45, 2.75) is 38.8 Å². The van der Waals surface area contributed by atoms with Gasteiger partial charge in [0.25, 0.3) is 0 Å². The molecule has 0 atom stereocenters. The average molecular weight is 334 g/mol. The van der Waals surface area contributed by atoms with E-state index in [1.807, 2.05) is 24.3 Å². The molecule has 0 fully saturated rings. The molecule has 2 aromatic rings. The zero-order valence-electron chi connectivity index (χ0n) is 14.0. The maximum absolute atomic E-state index is 12.7. The zero-order chi connectivity index (χ0) is 17.5. The molecule has 130 valence electrons. The van der Waals surface area contributed by atoms with Gasteiger partial charge in [0.2, 0.25) is 0 Å². The van der Waals surface area contributed by atoms with Crippen LogP contribution in [0.15, 0.2) is 29.1 Å². The summed E-state index contributed by atoms with van der Waals surface area (Å²) < 4.78 is 12.6. The lowest BCUT2D eigenvalue weighted by Gasteiger charge is -2.03. The van der Waals surface area contributed by atoms with Crippen molar-refractivity contribution in [2.24, 2.45) is 0 Å². The molecule has 0 N–H and O–H groups in total. The van der Waals surface area contributed by atoms with E-state index in [9.17, 15) is 14.4 Å². The van der Waals surface area contributed by atoms with E-state index in [0.717, 1.165) is 11.0 Å². The molecular formula is C17H22N2O5. The summed E-state index contributed by atoms with van der Waals surface area (Å²) >= 11 is 0. The van der Waals surface area contributed by atoms with Gasteiger partial charge in [-0.25, -0.2) is 4.79 Å². The fourth-order valence-corrected chi connectivity index (χ4v) is 2.67. The minimum atomic E-state index is -0.287. The van der Waals surface area contributed by atoms with Crippen LogP contribution in [0.2, 0.25) is 0 Å². The standard InChI is InChI=1S/C17H22N2O5/c1-23-15(20)9-5-11-18-13-7-3-4-8-14(13)19(17(18)22)12-6-10-16(21)24-2/h3-4,7-8H,5-6,9-12H2,1-2H3. The second-order valence-corrected chi connectivity index (χ2v) is 5.43. The summed E-state index contributed by atoms with van der Waals surface area (Å²) in [4.78, 5) is 35.1. The molecule has 0 amide bonds. The van der Waals surface area contributed by atoms with E-state index in [1.54, 1.807) is 9.13 Å². The van der Waals surface area contributed by atoms with Crippen LogP contribution >= 0.6 is 0 Å². The molecule has 0 radical (unpaired) electrons. The van der Waals surface area contributed by atoms with Gasteiger partial charge in [-0.1, -0.05) is 12.1 Å². The summed E-state index contributed by atoms with van der Waals surface area (Å²) in [6, 6.07) is 7.51. The Morgan fingerprint density at radius 3 is 1.67 bits per heavy atom. The number of aromatic nitrogens is 2. The van der Waals surface area contributed by atoms with E-state index >= 15 is 0 Å². The molecule has 0 spiro atoms. The lowest BCUT2D eigenvalue weighted by Crippen LogP contribution is -2.25. The molecule has 0 aliphatic heterocycles. The van der Waals surface area contributed by atoms with Crippen molar-refractivity contribution in [1.29, 1.82) is 0 Å². The van der Waals surface area contributed by atoms with Crippen molar-refractivity contribution in [3.05, 3.63) is 34.7 Å². The number of imidazole rings is 1. The van der Waals surface area contributed by atoms with Crippen LogP contribution in [0.3, 0.4) is 0 Å². The molecular weight excluding hydrogens is 312 g/mol. The Morgan fingerprint density at radius 2 is 1.29 bits per heavy atom. The Balaban J connectivity index is 2.19. The maximum Gasteiger partial charge on any atom is 0.329 e. The fourth-order valence-electron chi connectivity index (χ4n) is 2.67. The van der Waals surface area contributed by atoms with E-state index in [0.29, 0.717) is 25.9 Å². The number of aryl methyl sites for hydroxylation is 2. The molecule has 0 aliphatic rings. The number of fused-ring (bicyclic) bond motifs is 1. The Morgan fingerprint density at radius 1 is 0.875 bits per heavy atom. The third kappa shape index (κ3) is 4.04. The lowest BCUT2D eigenvalue weighted by atomic mass is 10.2. The summed E-state index contributed by atoms with van der Waals surface area (Å²) in [5, 5.41) is 0. The number of para-hydroxylation sites is 2. The van der Waals surface area contributed by atoms with Gasteiger partial charge in [-0.2, -0.15) is 0 Å². The minimum absolute atomic E-state index is 0.133. The molecule has 0 unspecified atom stereocenters. The molecule has 1 heterocycles. The number of nitrogens with zero attached hydrogens (tertiary/aromatic N) is 2. The highest BCUT2D eigenvalue weighted by Gasteiger charge is 2.13. The highest BCUT2D eigenvalue weighted by molar-refractivity contribution is 5.76. The van der Waals surface area contributed by atoms with Gasteiger partial charge in [0.15, 0.2) is 0 Å². The first kappa shape index (κ1) is 17.8. The number of hydrogen-bond acceptors (Lipinski definition) is 5. The molecule has 1 aromatic carbocycles. The first-order valence-electron chi connectivity index (χ1n) is 7.90. The van der Waals surface area contributed by atoms with E-state index in [-0.39, 0.29) is 30.5 Å². The van der Waals surface area contributed by atoms with Crippen molar-refractivity contribution in [3.8, 4) is 0 Å². The van der Waals surface area contributed by atoms with Crippen molar-refractivity contribution >= 4 is 23.0 Å². The second-order valence-electron chi connectivity index (χ2n) is 5.43. The first-order chi connectivity index (χ1) is 11.6. The number of hydrogen-bond donors (Lipinski definition) is 0. The normalized spacial score (nSPS) is 10.8. The van der Waals surface area contributed by atoms with Crippen LogP contribution in [0.25, 0.3) is 11.0 Å². The largest absolute Gasteiger partial charge is 0.469 e. The van der Waals surface area contributed by atoms with Crippen LogP contribution in [0.1, 0.15) is 25.7 Å². The highest BCUT2D eigenvalue weighted by atomic mass is 16.5. The summed E-state index contributed by atoms with van der Waals surface area (Å²) in [6.07, 6.45) is 1.60. The van der Waals surface area contributed by atoms with Gasteiger partial charge in [0.05, 0.1) is 25.3 Å². The van der Waals surface area contributed by atoms with Crippen LogP contribution in [-0.2, 0) is 32.2 Å². The molecule has 0 saturated carbocycles. The number of carbonyl (C=O) groups excluding carboxylic acids is 2. The first-order valence-corrected chi connectivity index (χ1v) is 7.90. The number of rotatable bonds is 8. The van der Waals surface area contributed by atoms with Crippen LogP contribution < -0.4 is 5.69 Å². The van der Waals surface area contributed by atoms with Gasteiger partial charge in [-0.05, 0) is 25.0 Å². The van der Waals surface area contributed by atoms with E-state index in [4.69, 9.17) is 0 Å². The molecule has 7 nitrogen and oxygen atoms in total. The van der Waals surface area contributed by atoms with Crippen molar-refractivity contribution < 1.29 is 19.1 Å². The predicted octanol–water partition coefficient (Wildman–Crippen LogP) is 1.71. The zero-order valence-corrected chi connectivity index (χ0v) is 14.0. The van der Waals surface area contributed by atoms with E-state index in [1.165, 1.54) is 14.2 Å². The Kier molecular flexibility index (Phi) is 6.17. The molecule has 0 saturated heterocycles. The summed E-state index contributed by atoms with van der Waals surface area (Å²) in [5.41, 5.74) is 1.52. The molecule has 1 aromatic heterocycles. The molecule has 24 heavy (non-hydrogen) atoms. The van der Waals surface area contributed by atoms with Crippen LogP contribution in [0.5, 0.6) is 0 Å². The minimum Gasteiger partial charge on any atom is -0.469 e. The van der Waals surface area contributed by atoms with E-state index < -0.39 is 0 Å². The monoisotopic (exact) mass is 334 g/mol. The number of esters is 2. The quantitative estimate of drug-likeness (QED) is 0.687. The van der Waals surface area contributed by atoms with Gasteiger partial charge in [0, 0.05) is 25.9 Å². The summed E-state index contributed by atoms with van der Waals surface area (Å²) in [7, 11) is 2.70. The topological polar surface area (TPSA) is 79.5 Å². The lowest BCUT2D eigenvalue weighted by molar-refractivity contribution is -0.141. The second kappa shape index (κ2) is 8.33. The van der Waals surface area contributed by atoms with Crippen molar-refractivity contribution in [2.75, 3.05) is 14.2 Å².